The van der Waals surface area contributed by atoms with Gasteiger partial charge < -0.3 is 10.2 Å². The number of aromatic nitrogens is 2. The third-order valence-electron chi connectivity index (χ3n) is 5.07. The van der Waals surface area contributed by atoms with Crippen LogP contribution in [0.5, 0.6) is 0 Å². The van der Waals surface area contributed by atoms with E-state index in [9.17, 15) is 4.79 Å². The summed E-state index contributed by atoms with van der Waals surface area (Å²) in [6.07, 6.45) is 4.56. The third-order valence-corrected chi connectivity index (χ3v) is 5.31. The Bertz CT molecular complexity index is 754. The van der Waals surface area contributed by atoms with Crippen molar-refractivity contribution in [3.8, 4) is 5.69 Å². The quantitative estimate of drug-likeness (QED) is 0.783. The Labute approximate surface area is 172 Å². The highest BCUT2D eigenvalue weighted by molar-refractivity contribution is 6.30. The summed E-state index contributed by atoms with van der Waals surface area (Å²) in [7, 11) is 0. The van der Waals surface area contributed by atoms with Crippen molar-refractivity contribution in [2.75, 3.05) is 26.2 Å². The highest BCUT2D eigenvalue weighted by atomic mass is 35.5. The second kappa shape index (κ2) is 10.1. The molecule has 1 N–H and O–H groups in total. The maximum Gasteiger partial charge on any atom is 0.257 e. The van der Waals surface area contributed by atoms with Crippen LogP contribution in [-0.2, 0) is 6.42 Å². The van der Waals surface area contributed by atoms with Crippen molar-refractivity contribution in [2.24, 2.45) is 5.92 Å². The van der Waals surface area contributed by atoms with Gasteiger partial charge >= 0.3 is 0 Å². The molecule has 5 nitrogen and oxygen atoms in total. The van der Waals surface area contributed by atoms with Gasteiger partial charge in [-0.3, -0.25) is 4.79 Å². The van der Waals surface area contributed by atoms with Gasteiger partial charge in [0.05, 0.1) is 23.1 Å². The van der Waals surface area contributed by atoms with Crippen LogP contribution in [0, 0.1) is 5.92 Å². The first kappa shape index (κ1) is 21.7. The van der Waals surface area contributed by atoms with Crippen LogP contribution in [0.4, 0.5) is 0 Å². The average Bonchev–Trinajstić information content (AvgIpc) is 3.10. The Kier molecular flexibility index (Phi) is 8.14. The number of carbonyl (C=O) groups excluding carboxylic acids is 1. The topological polar surface area (TPSA) is 50.2 Å². The molecule has 1 amide bonds. The van der Waals surface area contributed by atoms with Crippen molar-refractivity contribution in [1.82, 2.24) is 20.0 Å². The molecule has 1 saturated heterocycles. The number of carbonyl (C=O) groups is 1. The minimum atomic E-state index is 0. The van der Waals surface area contributed by atoms with Gasteiger partial charge in [-0.05, 0) is 56.5 Å². The van der Waals surface area contributed by atoms with Crippen LogP contribution in [0.3, 0.4) is 0 Å². The first-order valence-electron chi connectivity index (χ1n) is 9.46. The lowest BCUT2D eigenvalue weighted by atomic mass is 9.96. The van der Waals surface area contributed by atoms with E-state index in [1.807, 2.05) is 33.8 Å². The van der Waals surface area contributed by atoms with Crippen molar-refractivity contribution in [2.45, 2.75) is 33.1 Å². The van der Waals surface area contributed by atoms with Crippen LogP contribution >= 0.6 is 24.0 Å². The number of hydrogen-bond donors (Lipinski definition) is 1. The zero-order valence-electron chi connectivity index (χ0n) is 15.9. The van der Waals surface area contributed by atoms with Gasteiger partial charge in [-0.15, -0.1) is 12.4 Å². The van der Waals surface area contributed by atoms with E-state index in [2.05, 4.69) is 24.3 Å². The fourth-order valence-electron chi connectivity index (χ4n) is 3.58. The van der Waals surface area contributed by atoms with E-state index in [-0.39, 0.29) is 18.3 Å². The average molecular weight is 411 g/mol. The predicted molar refractivity (Wildman–Crippen MR) is 112 cm³/mol. The first-order valence-corrected chi connectivity index (χ1v) is 9.84. The summed E-state index contributed by atoms with van der Waals surface area (Å²) >= 11 is 6.11. The highest BCUT2D eigenvalue weighted by Crippen LogP contribution is 2.23. The summed E-state index contributed by atoms with van der Waals surface area (Å²) in [5.41, 5.74) is 2.53. The molecule has 7 heteroatoms. The number of halogens is 2. The molecule has 0 radical (unpaired) electrons. The molecule has 0 aliphatic carbocycles. The smallest absolute Gasteiger partial charge is 0.257 e. The van der Waals surface area contributed by atoms with Crippen LogP contribution in [0.25, 0.3) is 5.69 Å². The van der Waals surface area contributed by atoms with Crippen molar-refractivity contribution >= 4 is 29.9 Å². The summed E-state index contributed by atoms with van der Waals surface area (Å²) in [5, 5.41) is 8.54. The second-order valence-electron chi connectivity index (χ2n) is 6.79. The maximum atomic E-state index is 13.0. The van der Waals surface area contributed by atoms with Crippen molar-refractivity contribution in [1.29, 1.82) is 0 Å². The molecule has 1 fully saturated rings. The molecule has 2 aromatic rings. The molecule has 0 saturated carbocycles. The summed E-state index contributed by atoms with van der Waals surface area (Å²) < 4.78 is 1.83. The number of hydrogen-bond acceptors (Lipinski definition) is 3. The lowest BCUT2D eigenvalue weighted by Gasteiger charge is -2.32. The molecule has 0 unspecified atom stereocenters. The Hall–Kier alpha value is -1.56. The number of nitrogens with zero attached hydrogens (tertiary/aromatic N) is 3. The Morgan fingerprint density at radius 2 is 2.04 bits per heavy atom. The summed E-state index contributed by atoms with van der Waals surface area (Å²) in [5.74, 6) is 0.760. The molecule has 0 spiro atoms. The highest BCUT2D eigenvalue weighted by Gasteiger charge is 2.26. The number of piperidine rings is 1. The Balaban J connectivity index is 0.00000261. The fourth-order valence-corrected chi connectivity index (χ4v) is 3.77. The predicted octanol–water partition coefficient (Wildman–Crippen LogP) is 3.97. The third kappa shape index (κ3) is 5.03. The van der Waals surface area contributed by atoms with Crippen LogP contribution in [-0.4, -0.2) is 46.8 Å². The SMILES string of the molecule is CCNCC1CCN(C(=O)c2cnn(-c3cccc(Cl)c3)c2CC)CC1.Cl. The lowest BCUT2D eigenvalue weighted by Crippen LogP contribution is -2.41. The molecule has 0 bridgehead atoms. The molecule has 2 heterocycles. The standard InChI is InChI=1S/C20H27ClN4O.ClH/c1-3-19-18(14-23-25(19)17-7-5-6-16(21)12-17)20(26)24-10-8-15(9-11-24)13-22-4-2;/h5-7,12,14-15,22H,3-4,8-11,13H2,1-2H3;1H. The number of likely N-dealkylation sites (tertiary alicyclic amines) is 1. The molecule has 1 aliphatic rings. The zero-order valence-corrected chi connectivity index (χ0v) is 17.5. The number of amides is 1. The molecular weight excluding hydrogens is 383 g/mol. The van der Waals surface area contributed by atoms with Crippen LogP contribution < -0.4 is 5.32 Å². The Morgan fingerprint density at radius 1 is 1.30 bits per heavy atom. The van der Waals surface area contributed by atoms with E-state index in [0.717, 1.165) is 56.8 Å². The summed E-state index contributed by atoms with van der Waals surface area (Å²) in [4.78, 5) is 15.0. The summed E-state index contributed by atoms with van der Waals surface area (Å²) in [6.45, 7) is 7.87. The van der Waals surface area contributed by atoms with Crippen molar-refractivity contribution in [3.63, 3.8) is 0 Å². The molecule has 1 aromatic heterocycles. The van der Waals surface area contributed by atoms with Gasteiger partial charge in [-0.2, -0.15) is 5.10 Å². The van der Waals surface area contributed by atoms with E-state index >= 15 is 0 Å². The van der Waals surface area contributed by atoms with Gasteiger partial charge in [-0.1, -0.05) is 31.5 Å². The molecule has 148 valence electrons. The van der Waals surface area contributed by atoms with Crippen molar-refractivity contribution in [3.05, 3.63) is 46.7 Å². The van der Waals surface area contributed by atoms with Gasteiger partial charge in [0.2, 0.25) is 0 Å². The van der Waals surface area contributed by atoms with E-state index in [4.69, 9.17) is 11.6 Å². The number of rotatable bonds is 6. The normalized spacial score (nSPS) is 14.9. The molecule has 0 atom stereocenters. The minimum Gasteiger partial charge on any atom is -0.339 e. The zero-order chi connectivity index (χ0) is 18.5. The van der Waals surface area contributed by atoms with E-state index in [0.29, 0.717) is 16.5 Å². The van der Waals surface area contributed by atoms with Crippen LogP contribution in [0.1, 0.15) is 42.7 Å². The molecule has 27 heavy (non-hydrogen) atoms. The fraction of sp³-hybridized carbons (Fsp3) is 0.500. The molecule has 3 rings (SSSR count). The number of benzene rings is 1. The lowest BCUT2D eigenvalue weighted by molar-refractivity contribution is 0.0689. The largest absolute Gasteiger partial charge is 0.339 e. The van der Waals surface area contributed by atoms with E-state index in [1.54, 1.807) is 6.20 Å². The maximum absolute atomic E-state index is 13.0. The van der Waals surface area contributed by atoms with Gasteiger partial charge in [0.15, 0.2) is 0 Å². The van der Waals surface area contributed by atoms with E-state index < -0.39 is 0 Å². The molecule has 1 aromatic carbocycles. The monoisotopic (exact) mass is 410 g/mol. The van der Waals surface area contributed by atoms with Gasteiger partial charge in [0.25, 0.3) is 5.91 Å². The first-order chi connectivity index (χ1) is 12.6. The van der Waals surface area contributed by atoms with Gasteiger partial charge in [0.1, 0.15) is 0 Å². The molecular formula is C20H28Cl2N4O. The van der Waals surface area contributed by atoms with Gasteiger partial charge in [-0.25, -0.2) is 4.68 Å². The van der Waals surface area contributed by atoms with Crippen LogP contribution in [0.2, 0.25) is 5.02 Å². The minimum absolute atomic E-state index is 0. The van der Waals surface area contributed by atoms with Crippen molar-refractivity contribution < 1.29 is 4.79 Å². The number of nitrogens with one attached hydrogen (secondary N) is 1. The van der Waals surface area contributed by atoms with E-state index in [1.165, 1.54) is 0 Å². The van der Waals surface area contributed by atoms with Gasteiger partial charge in [0, 0.05) is 18.1 Å². The Morgan fingerprint density at radius 3 is 2.67 bits per heavy atom. The van der Waals surface area contributed by atoms with Crippen LogP contribution in [0.15, 0.2) is 30.5 Å². The second-order valence-corrected chi connectivity index (χ2v) is 7.23. The summed E-state index contributed by atoms with van der Waals surface area (Å²) in [6, 6.07) is 7.56. The molecule has 1 aliphatic heterocycles.